The third-order valence-corrected chi connectivity index (χ3v) is 2.40. The highest BCUT2D eigenvalue weighted by atomic mass is 16.5. The van der Waals surface area contributed by atoms with E-state index in [4.69, 9.17) is 16.2 Å². The molecular formula is C12H15N3O4. The third-order valence-electron chi connectivity index (χ3n) is 2.40. The van der Waals surface area contributed by atoms with Crippen LogP contribution < -0.4 is 16.8 Å². The first-order valence-corrected chi connectivity index (χ1v) is 5.48. The molecule has 0 spiro atoms. The van der Waals surface area contributed by atoms with Gasteiger partial charge >= 0.3 is 12.0 Å². The van der Waals surface area contributed by atoms with Crippen LogP contribution in [0.2, 0.25) is 0 Å². The van der Waals surface area contributed by atoms with Gasteiger partial charge in [-0.25, -0.2) is 9.59 Å². The summed E-state index contributed by atoms with van der Waals surface area (Å²) in [6.45, 7) is 3.08. The number of nitrogens with one attached hydrogen (secondary N) is 1. The fourth-order valence-corrected chi connectivity index (χ4v) is 1.31. The van der Waals surface area contributed by atoms with E-state index in [0.717, 1.165) is 5.56 Å². The van der Waals surface area contributed by atoms with Crippen molar-refractivity contribution in [1.29, 1.82) is 0 Å². The Labute approximate surface area is 109 Å². The lowest BCUT2D eigenvalue weighted by molar-refractivity contribution is -0.127. The Morgan fingerprint density at radius 1 is 1.32 bits per heavy atom. The Morgan fingerprint density at radius 3 is 2.47 bits per heavy atom. The Bertz CT molecular complexity index is 528. The van der Waals surface area contributed by atoms with Crippen LogP contribution in [-0.4, -0.2) is 24.0 Å². The van der Waals surface area contributed by atoms with E-state index < -0.39 is 24.0 Å². The molecular weight excluding hydrogens is 250 g/mol. The van der Waals surface area contributed by atoms with Crippen LogP contribution in [0.4, 0.5) is 10.5 Å². The van der Waals surface area contributed by atoms with Gasteiger partial charge in [0.05, 0.1) is 5.56 Å². The minimum atomic E-state index is -1.13. The molecule has 0 aromatic heterocycles. The van der Waals surface area contributed by atoms with Crippen LogP contribution >= 0.6 is 0 Å². The second-order valence-corrected chi connectivity index (χ2v) is 3.97. The van der Waals surface area contributed by atoms with Crippen molar-refractivity contribution in [3.8, 4) is 0 Å². The number of primary amides is 1. The van der Waals surface area contributed by atoms with Gasteiger partial charge in [0, 0.05) is 5.69 Å². The van der Waals surface area contributed by atoms with Crippen molar-refractivity contribution in [1.82, 2.24) is 5.32 Å². The van der Waals surface area contributed by atoms with Crippen molar-refractivity contribution in [2.24, 2.45) is 5.73 Å². The van der Waals surface area contributed by atoms with Crippen LogP contribution in [0.1, 0.15) is 22.8 Å². The summed E-state index contributed by atoms with van der Waals surface area (Å²) in [7, 11) is 0. The molecule has 102 valence electrons. The molecule has 7 heteroatoms. The van der Waals surface area contributed by atoms with Crippen LogP contribution in [0.25, 0.3) is 0 Å². The highest BCUT2D eigenvalue weighted by Crippen LogP contribution is 2.14. The molecule has 0 saturated carbocycles. The zero-order valence-corrected chi connectivity index (χ0v) is 10.6. The number of hydrogen-bond acceptors (Lipinski definition) is 5. The topological polar surface area (TPSA) is 125 Å². The summed E-state index contributed by atoms with van der Waals surface area (Å²) in [5.74, 6) is -1.47. The molecule has 0 aliphatic rings. The van der Waals surface area contributed by atoms with E-state index >= 15 is 0 Å². The standard InChI is InChI=1S/C12H15N3O4/c1-6-5-8(3-4-9(6)13)11(17)19-7(2)10(16)15-12(14)18/h3-5,7H,13H2,1-2H3,(H3,14,15,16,18). The number of nitrogens with two attached hydrogens (primary N) is 2. The smallest absolute Gasteiger partial charge is 0.338 e. The summed E-state index contributed by atoms with van der Waals surface area (Å²) >= 11 is 0. The molecule has 0 aliphatic heterocycles. The molecule has 19 heavy (non-hydrogen) atoms. The summed E-state index contributed by atoms with van der Waals surface area (Å²) in [5, 5.41) is 1.82. The van der Waals surface area contributed by atoms with Gasteiger partial charge in [-0.3, -0.25) is 10.1 Å². The molecule has 0 heterocycles. The molecule has 0 fully saturated rings. The van der Waals surface area contributed by atoms with Gasteiger partial charge in [0.1, 0.15) is 0 Å². The highest BCUT2D eigenvalue weighted by Gasteiger charge is 2.20. The van der Waals surface area contributed by atoms with E-state index in [1.54, 1.807) is 19.1 Å². The molecule has 7 nitrogen and oxygen atoms in total. The van der Waals surface area contributed by atoms with Crippen molar-refractivity contribution >= 4 is 23.6 Å². The first-order chi connectivity index (χ1) is 8.81. The number of aryl methyl sites for hydroxylation is 1. The largest absolute Gasteiger partial charge is 0.449 e. The number of esters is 1. The highest BCUT2D eigenvalue weighted by molar-refractivity contribution is 5.98. The molecule has 5 N–H and O–H groups in total. The molecule has 1 aromatic rings. The maximum Gasteiger partial charge on any atom is 0.338 e. The van der Waals surface area contributed by atoms with Crippen molar-refractivity contribution in [2.45, 2.75) is 20.0 Å². The molecule has 0 radical (unpaired) electrons. The molecule has 1 atom stereocenters. The van der Waals surface area contributed by atoms with Crippen LogP contribution in [0.15, 0.2) is 18.2 Å². The second-order valence-electron chi connectivity index (χ2n) is 3.97. The van der Waals surface area contributed by atoms with Crippen molar-refractivity contribution in [2.75, 3.05) is 5.73 Å². The maximum absolute atomic E-state index is 11.7. The van der Waals surface area contributed by atoms with Gasteiger partial charge in [0.15, 0.2) is 6.10 Å². The average molecular weight is 265 g/mol. The number of nitrogen functional groups attached to an aromatic ring is 1. The number of carbonyl (C=O) groups excluding carboxylic acids is 3. The maximum atomic E-state index is 11.7. The quantitative estimate of drug-likeness (QED) is 0.536. The molecule has 3 amide bonds. The normalized spacial score (nSPS) is 11.5. The van der Waals surface area contributed by atoms with Crippen LogP contribution in [-0.2, 0) is 9.53 Å². The van der Waals surface area contributed by atoms with E-state index in [2.05, 4.69) is 0 Å². The van der Waals surface area contributed by atoms with Crippen LogP contribution in [0.5, 0.6) is 0 Å². The zero-order chi connectivity index (χ0) is 14.6. The number of amides is 3. The first kappa shape index (κ1) is 14.5. The van der Waals surface area contributed by atoms with E-state index in [9.17, 15) is 14.4 Å². The van der Waals surface area contributed by atoms with Crippen molar-refractivity contribution in [3.63, 3.8) is 0 Å². The summed E-state index contributed by atoms with van der Waals surface area (Å²) in [6.07, 6.45) is -1.13. The number of imide groups is 1. The summed E-state index contributed by atoms with van der Waals surface area (Å²) in [4.78, 5) is 33.6. The SMILES string of the molecule is Cc1cc(C(=O)OC(C)C(=O)NC(N)=O)ccc1N. The molecule has 1 unspecified atom stereocenters. The third kappa shape index (κ3) is 3.98. The van der Waals surface area contributed by atoms with Gasteiger partial charge in [-0.15, -0.1) is 0 Å². The number of benzene rings is 1. The number of anilines is 1. The number of ether oxygens (including phenoxy) is 1. The molecule has 0 aliphatic carbocycles. The molecule has 0 bridgehead atoms. The molecule has 0 saturated heterocycles. The second kappa shape index (κ2) is 5.85. The fraction of sp³-hybridized carbons (Fsp3) is 0.250. The first-order valence-electron chi connectivity index (χ1n) is 5.48. The Kier molecular flexibility index (Phi) is 4.46. The van der Waals surface area contributed by atoms with E-state index in [-0.39, 0.29) is 5.56 Å². The fourth-order valence-electron chi connectivity index (χ4n) is 1.31. The number of hydrogen-bond donors (Lipinski definition) is 3. The minimum absolute atomic E-state index is 0.269. The van der Waals surface area contributed by atoms with E-state index in [1.807, 2.05) is 5.32 Å². The minimum Gasteiger partial charge on any atom is -0.449 e. The van der Waals surface area contributed by atoms with Gasteiger partial charge in [-0.1, -0.05) is 0 Å². The molecule has 1 rings (SSSR count). The lowest BCUT2D eigenvalue weighted by Gasteiger charge is -2.12. The summed E-state index contributed by atoms with van der Waals surface area (Å²) < 4.78 is 4.89. The Hall–Kier alpha value is -2.57. The predicted octanol–water partition coefficient (Wildman–Crippen LogP) is 0.317. The summed E-state index contributed by atoms with van der Waals surface area (Å²) in [5.41, 5.74) is 12.0. The van der Waals surface area contributed by atoms with Crippen LogP contribution in [0.3, 0.4) is 0 Å². The number of carbonyl (C=O) groups is 3. The Morgan fingerprint density at radius 2 is 1.95 bits per heavy atom. The average Bonchev–Trinajstić information content (AvgIpc) is 2.31. The molecule has 1 aromatic carbocycles. The Balaban J connectivity index is 2.71. The summed E-state index contributed by atoms with van der Waals surface area (Å²) in [6, 6.07) is 3.61. The lowest BCUT2D eigenvalue weighted by Crippen LogP contribution is -2.42. The van der Waals surface area contributed by atoms with Gasteiger partial charge in [0.2, 0.25) is 0 Å². The van der Waals surface area contributed by atoms with Gasteiger partial charge < -0.3 is 16.2 Å². The van der Waals surface area contributed by atoms with E-state index in [0.29, 0.717) is 5.69 Å². The number of rotatable bonds is 3. The van der Waals surface area contributed by atoms with Crippen LogP contribution in [0, 0.1) is 6.92 Å². The lowest BCUT2D eigenvalue weighted by atomic mass is 10.1. The van der Waals surface area contributed by atoms with E-state index in [1.165, 1.54) is 13.0 Å². The predicted molar refractivity (Wildman–Crippen MR) is 68.2 cm³/mol. The van der Waals surface area contributed by atoms with Gasteiger partial charge in [0.25, 0.3) is 5.91 Å². The van der Waals surface area contributed by atoms with Crippen molar-refractivity contribution in [3.05, 3.63) is 29.3 Å². The van der Waals surface area contributed by atoms with Gasteiger partial charge in [-0.05, 0) is 37.6 Å². The zero-order valence-electron chi connectivity index (χ0n) is 10.6. The van der Waals surface area contributed by atoms with Gasteiger partial charge in [-0.2, -0.15) is 0 Å². The van der Waals surface area contributed by atoms with Crippen molar-refractivity contribution < 1.29 is 19.1 Å². The monoisotopic (exact) mass is 265 g/mol. The number of urea groups is 1.